The van der Waals surface area contributed by atoms with Gasteiger partial charge in [-0.1, -0.05) is 25.0 Å². The third-order valence-corrected chi connectivity index (χ3v) is 4.60. The van der Waals surface area contributed by atoms with Gasteiger partial charge >= 0.3 is 7.12 Å². The largest absolute Gasteiger partial charge is 0.488 e. The predicted molar refractivity (Wildman–Crippen MR) is 78.6 cm³/mol. The molecule has 1 saturated heterocycles. The third kappa shape index (κ3) is 3.29. The van der Waals surface area contributed by atoms with Crippen LogP contribution in [0.25, 0.3) is 0 Å². The van der Waals surface area contributed by atoms with Crippen molar-refractivity contribution in [1.29, 1.82) is 0 Å². The highest BCUT2D eigenvalue weighted by atomic mass is 19.1. The van der Waals surface area contributed by atoms with Gasteiger partial charge in [-0.2, -0.15) is 0 Å². The van der Waals surface area contributed by atoms with E-state index < -0.39 is 7.12 Å². The minimum Gasteiger partial charge on any atom is -0.423 e. The van der Waals surface area contributed by atoms with Crippen molar-refractivity contribution in [2.24, 2.45) is 0 Å². The van der Waals surface area contributed by atoms with Gasteiger partial charge in [0.25, 0.3) is 0 Å². The van der Waals surface area contributed by atoms with Gasteiger partial charge in [0.2, 0.25) is 0 Å². The van der Waals surface area contributed by atoms with Crippen LogP contribution in [0.2, 0.25) is 0 Å². The van der Waals surface area contributed by atoms with Crippen LogP contribution in [0.3, 0.4) is 0 Å². The number of halogens is 1. The van der Waals surface area contributed by atoms with Gasteiger partial charge in [-0.05, 0) is 24.4 Å². The SMILES string of the molecule is OB(O)c1ccc(CN2CCOC3CCCCC32)c(F)c1. The molecule has 2 aliphatic rings. The van der Waals surface area contributed by atoms with Crippen LogP contribution < -0.4 is 5.46 Å². The average Bonchev–Trinajstić information content (AvgIpc) is 2.49. The Kier molecular flexibility index (Phi) is 4.59. The van der Waals surface area contributed by atoms with E-state index in [4.69, 9.17) is 14.8 Å². The molecule has 114 valence electrons. The Morgan fingerprint density at radius 2 is 2.10 bits per heavy atom. The van der Waals surface area contributed by atoms with E-state index in [1.165, 1.54) is 18.9 Å². The molecule has 0 spiro atoms. The van der Waals surface area contributed by atoms with Gasteiger partial charge in [-0.3, -0.25) is 4.90 Å². The molecule has 0 amide bonds. The molecule has 1 aromatic rings. The summed E-state index contributed by atoms with van der Waals surface area (Å²) in [5, 5.41) is 18.2. The fourth-order valence-electron chi connectivity index (χ4n) is 3.44. The van der Waals surface area contributed by atoms with Crippen LogP contribution in [0.1, 0.15) is 31.2 Å². The first-order valence-electron chi connectivity index (χ1n) is 7.65. The van der Waals surface area contributed by atoms with Crippen molar-refractivity contribution in [3.05, 3.63) is 29.6 Å². The summed E-state index contributed by atoms with van der Waals surface area (Å²) in [5.74, 6) is -0.376. The van der Waals surface area contributed by atoms with Crippen molar-refractivity contribution >= 4 is 12.6 Å². The normalized spacial score (nSPS) is 26.4. The molecule has 3 rings (SSSR count). The van der Waals surface area contributed by atoms with Gasteiger partial charge in [-0.15, -0.1) is 0 Å². The molecule has 1 saturated carbocycles. The Morgan fingerprint density at radius 3 is 2.86 bits per heavy atom. The van der Waals surface area contributed by atoms with Gasteiger partial charge in [0, 0.05) is 24.7 Å². The van der Waals surface area contributed by atoms with Crippen LogP contribution in [0.15, 0.2) is 18.2 Å². The van der Waals surface area contributed by atoms with E-state index in [1.807, 2.05) is 0 Å². The molecule has 21 heavy (non-hydrogen) atoms. The quantitative estimate of drug-likeness (QED) is 0.804. The Balaban J connectivity index is 1.73. The van der Waals surface area contributed by atoms with E-state index >= 15 is 0 Å². The molecule has 1 aliphatic heterocycles. The summed E-state index contributed by atoms with van der Waals surface area (Å²) in [6.07, 6.45) is 4.92. The van der Waals surface area contributed by atoms with Gasteiger partial charge in [-0.25, -0.2) is 4.39 Å². The van der Waals surface area contributed by atoms with Gasteiger partial charge in [0.05, 0.1) is 12.7 Å². The van der Waals surface area contributed by atoms with Crippen LogP contribution in [-0.4, -0.2) is 47.4 Å². The molecule has 1 aliphatic carbocycles. The molecular formula is C15H21BFNO3. The second-order valence-corrected chi connectivity index (χ2v) is 5.96. The number of nitrogens with zero attached hydrogens (tertiary/aromatic N) is 1. The highest BCUT2D eigenvalue weighted by Gasteiger charge is 2.34. The van der Waals surface area contributed by atoms with Gasteiger partial charge < -0.3 is 14.8 Å². The standard InChI is InChI=1S/C15H21BFNO3/c17-13-9-12(16(19)20)6-5-11(13)10-18-7-8-21-15-4-2-1-3-14(15)18/h5-6,9,14-15,19-20H,1-4,7-8,10H2. The van der Waals surface area contributed by atoms with Crippen LogP contribution >= 0.6 is 0 Å². The van der Waals surface area contributed by atoms with Crippen molar-refractivity contribution in [1.82, 2.24) is 4.90 Å². The molecule has 2 fully saturated rings. The summed E-state index contributed by atoms with van der Waals surface area (Å²) in [6, 6.07) is 4.81. The van der Waals surface area contributed by atoms with Crippen LogP contribution in [0, 0.1) is 5.82 Å². The highest BCUT2D eigenvalue weighted by Crippen LogP contribution is 2.29. The maximum absolute atomic E-state index is 14.1. The lowest BCUT2D eigenvalue weighted by Gasteiger charge is -2.43. The van der Waals surface area contributed by atoms with Crippen molar-refractivity contribution in [3.63, 3.8) is 0 Å². The number of ether oxygens (including phenoxy) is 1. The zero-order chi connectivity index (χ0) is 14.8. The van der Waals surface area contributed by atoms with E-state index in [0.717, 1.165) is 19.4 Å². The maximum Gasteiger partial charge on any atom is 0.488 e. The first-order chi connectivity index (χ1) is 10.1. The molecule has 2 unspecified atom stereocenters. The lowest BCUT2D eigenvalue weighted by atomic mass is 9.80. The molecule has 6 heteroatoms. The summed E-state index contributed by atoms with van der Waals surface area (Å²) in [7, 11) is -1.63. The van der Waals surface area contributed by atoms with Gasteiger partial charge in [0.1, 0.15) is 5.82 Å². The zero-order valence-corrected chi connectivity index (χ0v) is 12.0. The molecule has 0 aromatic heterocycles. The summed E-state index contributed by atoms with van der Waals surface area (Å²) >= 11 is 0. The second kappa shape index (κ2) is 6.44. The lowest BCUT2D eigenvalue weighted by Crippen LogP contribution is -2.52. The molecule has 0 bridgehead atoms. The van der Waals surface area contributed by atoms with E-state index in [2.05, 4.69) is 4.90 Å². The number of hydrogen-bond donors (Lipinski definition) is 2. The minimum absolute atomic E-state index is 0.189. The van der Waals surface area contributed by atoms with E-state index in [9.17, 15) is 4.39 Å². The van der Waals surface area contributed by atoms with Crippen molar-refractivity contribution in [2.45, 2.75) is 44.4 Å². The molecule has 2 N–H and O–H groups in total. The summed E-state index contributed by atoms with van der Waals surface area (Å²) in [5.41, 5.74) is 0.791. The molecule has 1 aromatic carbocycles. The first-order valence-corrected chi connectivity index (χ1v) is 7.65. The van der Waals surface area contributed by atoms with Crippen molar-refractivity contribution in [3.8, 4) is 0 Å². The average molecular weight is 293 g/mol. The number of hydrogen-bond acceptors (Lipinski definition) is 4. The van der Waals surface area contributed by atoms with Crippen LogP contribution in [0.5, 0.6) is 0 Å². The zero-order valence-electron chi connectivity index (χ0n) is 12.0. The number of benzene rings is 1. The Labute approximate surface area is 124 Å². The van der Waals surface area contributed by atoms with Crippen LogP contribution in [0.4, 0.5) is 4.39 Å². The monoisotopic (exact) mass is 293 g/mol. The lowest BCUT2D eigenvalue weighted by molar-refractivity contribution is -0.0913. The van der Waals surface area contributed by atoms with E-state index in [-0.39, 0.29) is 17.4 Å². The smallest absolute Gasteiger partial charge is 0.423 e. The molecular weight excluding hydrogens is 272 g/mol. The Hall–Kier alpha value is -0.945. The Bertz CT molecular complexity index is 498. The first kappa shape index (κ1) is 15.0. The number of rotatable bonds is 3. The fraction of sp³-hybridized carbons (Fsp3) is 0.600. The summed E-state index contributed by atoms with van der Waals surface area (Å²) in [4.78, 5) is 2.31. The third-order valence-electron chi connectivity index (χ3n) is 4.60. The van der Waals surface area contributed by atoms with Gasteiger partial charge in [0.15, 0.2) is 0 Å². The Morgan fingerprint density at radius 1 is 1.29 bits per heavy atom. The molecule has 4 nitrogen and oxygen atoms in total. The second-order valence-electron chi connectivity index (χ2n) is 5.96. The summed E-state index contributed by atoms with van der Waals surface area (Å²) < 4.78 is 19.9. The fourth-order valence-corrected chi connectivity index (χ4v) is 3.44. The molecule has 2 atom stereocenters. The summed E-state index contributed by atoms with van der Waals surface area (Å²) in [6.45, 7) is 2.08. The minimum atomic E-state index is -1.63. The van der Waals surface area contributed by atoms with E-state index in [1.54, 1.807) is 12.1 Å². The van der Waals surface area contributed by atoms with Crippen molar-refractivity contribution in [2.75, 3.05) is 13.2 Å². The predicted octanol–water partition coefficient (Wildman–Crippen LogP) is 0.649. The number of morpholine rings is 1. The number of fused-ring (bicyclic) bond motifs is 1. The molecule has 0 radical (unpaired) electrons. The van der Waals surface area contributed by atoms with Crippen LogP contribution in [-0.2, 0) is 11.3 Å². The van der Waals surface area contributed by atoms with Crippen molar-refractivity contribution < 1.29 is 19.2 Å². The maximum atomic E-state index is 14.1. The molecule has 1 heterocycles. The highest BCUT2D eigenvalue weighted by molar-refractivity contribution is 6.58. The van der Waals surface area contributed by atoms with E-state index in [0.29, 0.717) is 24.8 Å². The topological polar surface area (TPSA) is 52.9 Å².